The molecule has 0 saturated heterocycles. The van der Waals surface area contributed by atoms with Gasteiger partial charge in [0.15, 0.2) is 11.5 Å². The highest BCUT2D eigenvalue weighted by Crippen LogP contribution is 2.32. The van der Waals surface area contributed by atoms with Crippen LogP contribution in [0.2, 0.25) is 0 Å². The molecule has 4 rings (SSSR count). The average molecular weight is 455 g/mol. The van der Waals surface area contributed by atoms with Gasteiger partial charge in [0.05, 0.1) is 7.11 Å². The third kappa shape index (κ3) is 5.08. The normalized spacial score (nSPS) is 12.4. The number of halogens is 1. The minimum absolute atomic E-state index is 0.300. The summed E-state index contributed by atoms with van der Waals surface area (Å²) in [5, 5.41) is 0. The van der Waals surface area contributed by atoms with E-state index in [2.05, 4.69) is 50.1 Å². The molecule has 0 unspecified atom stereocenters. The fraction of sp³-hybridized carbons (Fsp3) is 0.261. The van der Waals surface area contributed by atoms with Crippen molar-refractivity contribution in [2.45, 2.75) is 19.5 Å². The van der Waals surface area contributed by atoms with Gasteiger partial charge in [-0.3, -0.25) is 9.88 Å². The predicted octanol–water partition coefficient (Wildman–Crippen LogP) is 4.83. The van der Waals surface area contributed by atoms with Gasteiger partial charge in [-0.15, -0.1) is 0 Å². The molecule has 1 aliphatic heterocycles. The van der Waals surface area contributed by atoms with E-state index in [0.29, 0.717) is 6.79 Å². The van der Waals surface area contributed by atoms with Crippen LogP contribution in [-0.2, 0) is 19.5 Å². The number of ether oxygens (including phenoxy) is 3. The van der Waals surface area contributed by atoms with Crippen LogP contribution in [0.4, 0.5) is 0 Å². The lowest BCUT2D eigenvalue weighted by molar-refractivity contribution is 0.174. The van der Waals surface area contributed by atoms with Crippen LogP contribution in [0.25, 0.3) is 0 Å². The number of hydrogen-bond acceptors (Lipinski definition) is 5. The van der Waals surface area contributed by atoms with Gasteiger partial charge in [-0.1, -0.05) is 28.1 Å². The van der Waals surface area contributed by atoms with Gasteiger partial charge in [0.2, 0.25) is 6.79 Å². The monoisotopic (exact) mass is 454 g/mol. The summed E-state index contributed by atoms with van der Waals surface area (Å²) >= 11 is 3.58. The molecule has 150 valence electrons. The van der Waals surface area contributed by atoms with Gasteiger partial charge in [0, 0.05) is 42.1 Å². The van der Waals surface area contributed by atoms with E-state index in [1.165, 1.54) is 11.1 Å². The maximum atomic E-state index is 5.57. The molecule has 0 aliphatic carbocycles. The summed E-state index contributed by atoms with van der Waals surface area (Å²) in [6, 6.07) is 16.4. The molecule has 6 heteroatoms. The van der Waals surface area contributed by atoms with Gasteiger partial charge in [0.25, 0.3) is 0 Å². The second kappa shape index (κ2) is 9.29. The van der Waals surface area contributed by atoms with Crippen molar-refractivity contribution in [3.63, 3.8) is 0 Å². The van der Waals surface area contributed by atoms with E-state index < -0.39 is 0 Å². The molecule has 0 amide bonds. The predicted molar refractivity (Wildman–Crippen MR) is 115 cm³/mol. The van der Waals surface area contributed by atoms with E-state index in [0.717, 1.165) is 53.3 Å². The van der Waals surface area contributed by atoms with Crippen LogP contribution in [0, 0.1) is 0 Å². The summed E-state index contributed by atoms with van der Waals surface area (Å²) in [4.78, 5) is 6.67. The van der Waals surface area contributed by atoms with Crippen molar-refractivity contribution in [2.24, 2.45) is 0 Å². The molecule has 0 bridgehead atoms. The van der Waals surface area contributed by atoms with E-state index in [9.17, 15) is 0 Å². The molecule has 0 radical (unpaired) electrons. The van der Waals surface area contributed by atoms with Crippen LogP contribution >= 0.6 is 15.9 Å². The van der Waals surface area contributed by atoms with E-state index in [1.807, 2.05) is 30.5 Å². The summed E-state index contributed by atoms with van der Waals surface area (Å²) in [5.74, 6) is 2.54. The zero-order valence-corrected chi connectivity index (χ0v) is 17.9. The van der Waals surface area contributed by atoms with Crippen LogP contribution in [0.1, 0.15) is 16.7 Å². The maximum absolute atomic E-state index is 5.57. The summed E-state index contributed by atoms with van der Waals surface area (Å²) in [7, 11) is 1.71. The molecule has 2 aromatic carbocycles. The molecule has 0 saturated carbocycles. The lowest BCUT2D eigenvalue weighted by Gasteiger charge is -2.24. The van der Waals surface area contributed by atoms with Gasteiger partial charge >= 0.3 is 0 Å². The Labute approximate surface area is 179 Å². The second-order valence-corrected chi connectivity index (χ2v) is 7.88. The Morgan fingerprint density at radius 2 is 1.93 bits per heavy atom. The number of nitrogens with zero attached hydrogens (tertiary/aromatic N) is 2. The Morgan fingerprint density at radius 1 is 1.03 bits per heavy atom. The Balaban J connectivity index is 1.51. The first-order valence-corrected chi connectivity index (χ1v) is 10.3. The fourth-order valence-corrected chi connectivity index (χ4v) is 3.87. The molecule has 0 fully saturated rings. The van der Waals surface area contributed by atoms with Crippen LogP contribution in [0.3, 0.4) is 0 Å². The lowest BCUT2D eigenvalue weighted by atomic mass is 10.1. The zero-order chi connectivity index (χ0) is 20.1. The number of aromatic nitrogens is 1. The molecule has 0 spiro atoms. The maximum Gasteiger partial charge on any atom is 0.231 e. The minimum atomic E-state index is 0.300. The molecule has 0 N–H and O–H groups in total. The third-order valence-corrected chi connectivity index (χ3v) is 5.41. The topological polar surface area (TPSA) is 43.8 Å². The molecule has 29 heavy (non-hydrogen) atoms. The summed E-state index contributed by atoms with van der Waals surface area (Å²) < 4.78 is 17.6. The number of benzene rings is 2. The number of fused-ring (bicyclic) bond motifs is 1. The Kier molecular flexibility index (Phi) is 6.32. The largest absolute Gasteiger partial charge is 0.496 e. The van der Waals surface area contributed by atoms with Crippen LogP contribution in [0.5, 0.6) is 17.2 Å². The SMILES string of the molecule is COc1ccc(Br)cc1CN(CCc1ccc2c(c1)OCO2)Cc1cccnc1. The van der Waals surface area contributed by atoms with Crippen LogP contribution in [-0.4, -0.2) is 30.3 Å². The lowest BCUT2D eigenvalue weighted by Crippen LogP contribution is -2.25. The molecule has 0 atom stereocenters. The van der Waals surface area contributed by atoms with Crippen molar-refractivity contribution in [1.82, 2.24) is 9.88 Å². The molecule has 3 aromatic rings. The smallest absolute Gasteiger partial charge is 0.231 e. The first kappa shape index (κ1) is 19.7. The molecule has 1 aromatic heterocycles. The van der Waals surface area contributed by atoms with Crippen molar-refractivity contribution in [2.75, 3.05) is 20.4 Å². The van der Waals surface area contributed by atoms with Gasteiger partial charge < -0.3 is 14.2 Å². The summed E-state index contributed by atoms with van der Waals surface area (Å²) in [6.07, 6.45) is 4.64. The van der Waals surface area contributed by atoms with E-state index in [1.54, 1.807) is 13.3 Å². The molecule has 1 aliphatic rings. The fourth-order valence-electron chi connectivity index (χ4n) is 3.46. The van der Waals surface area contributed by atoms with Crippen molar-refractivity contribution in [1.29, 1.82) is 0 Å². The first-order chi connectivity index (χ1) is 14.2. The number of rotatable bonds is 8. The summed E-state index contributed by atoms with van der Waals surface area (Å²) in [6.45, 7) is 2.79. The van der Waals surface area contributed by atoms with Crippen molar-refractivity contribution in [3.05, 3.63) is 82.1 Å². The van der Waals surface area contributed by atoms with Crippen molar-refractivity contribution in [3.8, 4) is 17.2 Å². The second-order valence-electron chi connectivity index (χ2n) is 6.97. The first-order valence-electron chi connectivity index (χ1n) is 9.53. The third-order valence-electron chi connectivity index (χ3n) is 4.92. The average Bonchev–Trinajstić information content (AvgIpc) is 3.21. The molecule has 2 heterocycles. The van der Waals surface area contributed by atoms with Crippen LogP contribution < -0.4 is 14.2 Å². The minimum Gasteiger partial charge on any atom is -0.496 e. The number of methoxy groups -OCH3 is 1. The number of hydrogen-bond donors (Lipinski definition) is 0. The summed E-state index contributed by atoms with van der Waals surface area (Å²) in [5.41, 5.74) is 3.57. The van der Waals surface area contributed by atoms with Crippen molar-refractivity contribution >= 4 is 15.9 Å². The Morgan fingerprint density at radius 3 is 2.76 bits per heavy atom. The van der Waals surface area contributed by atoms with Gasteiger partial charge in [-0.05, 0) is 53.9 Å². The molecular formula is C23H23BrN2O3. The highest BCUT2D eigenvalue weighted by atomic mass is 79.9. The zero-order valence-electron chi connectivity index (χ0n) is 16.3. The van der Waals surface area contributed by atoms with Gasteiger partial charge in [-0.25, -0.2) is 0 Å². The van der Waals surface area contributed by atoms with E-state index in [-0.39, 0.29) is 0 Å². The van der Waals surface area contributed by atoms with E-state index >= 15 is 0 Å². The van der Waals surface area contributed by atoms with Crippen LogP contribution in [0.15, 0.2) is 65.4 Å². The molecular weight excluding hydrogens is 432 g/mol. The Bertz CT molecular complexity index is 966. The van der Waals surface area contributed by atoms with Crippen molar-refractivity contribution < 1.29 is 14.2 Å². The standard InChI is InChI=1S/C23H23BrN2O3/c1-27-21-7-5-20(24)12-19(21)15-26(14-18-3-2-9-25-13-18)10-8-17-4-6-22-23(11-17)29-16-28-22/h2-7,9,11-13H,8,10,14-16H2,1H3. The van der Waals surface area contributed by atoms with Gasteiger partial charge in [0.1, 0.15) is 5.75 Å². The number of pyridine rings is 1. The van der Waals surface area contributed by atoms with E-state index in [4.69, 9.17) is 14.2 Å². The quantitative estimate of drug-likeness (QED) is 0.487. The molecule has 5 nitrogen and oxygen atoms in total. The van der Waals surface area contributed by atoms with Gasteiger partial charge in [-0.2, -0.15) is 0 Å². The highest BCUT2D eigenvalue weighted by molar-refractivity contribution is 9.10. The Hall–Kier alpha value is -2.57. The highest BCUT2D eigenvalue weighted by Gasteiger charge is 2.15.